The predicted molar refractivity (Wildman–Crippen MR) is 115 cm³/mol. The molecule has 30 heavy (non-hydrogen) atoms. The van der Waals surface area contributed by atoms with Gasteiger partial charge in [0.2, 0.25) is 0 Å². The predicted octanol–water partition coefficient (Wildman–Crippen LogP) is 5.90. The van der Waals surface area contributed by atoms with Gasteiger partial charge in [0.1, 0.15) is 6.61 Å². The Morgan fingerprint density at radius 1 is 1.13 bits per heavy atom. The molecule has 0 saturated heterocycles. The first-order valence-corrected chi connectivity index (χ1v) is 9.30. The lowest BCUT2D eigenvalue weighted by molar-refractivity contribution is -0.384. The van der Waals surface area contributed by atoms with E-state index in [4.69, 9.17) is 21.1 Å². The molecule has 150 valence electrons. The van der Waals surface area contributed by atoms with Crippen molar-refractivity contribution in [3.05, 3.63) is 98.6 Å². The molecule has 0 saturated carbocycles. The average molecular weight is 421 g/mol. The Labute approximate surface area is 178 Å². The fraction of sp³-hybridized carbons (Fsp3) is 0.0870. The monoisotopic (exact) mass is 420 g/mol. The van der Waals surface area contributed by atoms with Crippen LogP contribution in [0.15, 0.2) is 66.7 Å². The molecule has 0 spiro atoms. The number of benzene rings is 3. The molecular formula is C23H17ClN2O4. The molecule has 0 aromatic heterocycles. The first-order chi connectivity index (χ1) is 14.5. The quantitative estimate of drug-likeness (QED) is 0.205. The number of nitriles is 1. The van der Waals surface area contributed by atoms with Crippen LogP contribution in [-0.4, -0.2) is 12.0 Å². The third-order valence-corrected chi connectivity index (χ3v) is 4.65. The molecule has 3 aromatic carbocycles. The Morgan fingerprint density at radius 3 is 2.50 bits per heavy atom. The minimum Gasteiger partial charge on any atom is -0.493 e. The number of halogens is 1. The van der Waals surface area contributed by atoms with Gasteiger partial charge in [-0.2, -0.15) is 5.26 Å². The molecule has 0 aliphatic carbocycles. The van der Waals surface area contributed by atoms with Crippen molar-refractivity contribution < 1.29 is 14.4 Å². The molecule has 0 fully saturated rings. The minimum atomic E-state index is -0.446. The van der Waals surface area contributed by atoms with Gasteiger partial charge in [0.05, 0.1) is 23.7 Å². The van der Waals surface area contributed by atoms with Gasteiger partial charge in [-0.3, -0.25) is 10.1 Å². The highest BCUT2D eigenvalue weighted by Crippen LogP contribution is 2.31. The molecular weight excluding hydrogens is 404 g/mol. The summed E-state index contributed by atoms with van der Waals surface area (Å²) in [5, 5.41) is 20.8. The summed E-state index contributed by atoms with van der Waals surface area (Å²) in [5.41, 5.74) is 2.66. The number of rotatable bonds is 7. The van der Waals surface area contributed by atoms with Crippen LogP contribution in [0.5, 0.6) is 11.5 Å². The molecule has 0 bridgehead atoms. The summed E-state index contributed by atoms with van der Waals surface area (Å²) in [4.78, 5) is 10.3. The Hall–Kier alpha value is -3.82. The molecule has 0 heterocycles. The van der Waals surface area contributed by atoms with Crippen LogP contribution in [0.3, 0.4) is 0 Å². The number of hydrogen-bond donors (Lipinski definition) is 0. The number of allylic oxidation sites excluding steroid dienone is 1. The molecule has 0 atom stereocenters. The maximum Gasteiger partial charge on any atom is 0.269 e. The summed E-state index contributed by atoms with van der Waals surface area (Å²) in [6.45, 7) is 0.229. The summed E-state index contributed by atoms with van der Waals surface area (Å²) in [7, 11) is 1.53. The van der Waals surface area contributed by atoms with Gasteiger partial charge in [-0.25, -0.2) is 0 Å². The van der Waals surface area contributed by atoms with Gasteiger partial charge in [-0.15, -0.1) is 0 Å². The number of hydrogen-bond acceptors (Lipinski definition) is 5. The van der Waals surface area contributed by atoms with Crippen LogP contribution < -0.4 is 9.47 Å². The van der Waals surface area contributed by atoms with E-state index in [2.05, 4.69) is 6.07 Å². The van der Waals surface area contributed by atoms with Crippen LogP contribution >= 0.6 is 11.6 Å². The number of methoxy groups -OCH3 is 1. The summed E-state index contributed by atoms with van der Waals surface area (Å²) in [6, 6.07) is 20.8. The summed E-state index contributed by atoms with van der Waals surface area (Å²) >= 11 is 6.20. The van der Waals surface area contributed by atoms with Gasteiger partial charge >= 0.3 is 0 Å². The van der Waals surface area contributed by atoms with Crippen LogP contribution in [0.2, 0.25) is 5.02 Å². The van der Waals surface area contributed by atoms with Crippen molar-refractivity contribution in [2.75, 3.05) is 7.11 Å². The fourth-order valence-electron chi connectivity index (χ4n) is 2.78. The maximum atomic E-state index is 10.7. The largest absolute Gasteiger partial charge is 0.493 e. The van der Waals surface area contributed by atoms with Gasteiger partial charge in [-0.05, 0) is 47.5 Å². The normalized spacial score (nSPS) is 10.9. The zero-order chi connectivity index (χ0) is 21.5. The third-order valence-electron chi connectivity index (χ3n) is 4.32. The van der Waals surface area contributed by atoms with Gasteiger partial charge in [0, 0.05) is 22.7 Å². The van der Waals surface area contributed by atoms with Crippen molar-refractivity contribution in [1.82, 2.24) is 0 Å². The molecule has 0 amide bonds. The van der Waals surface area contributed by atoms with Crippen LogP contribution in [0.25, 0.3) is 11.6 Å². The average Bonchev–Trinajstić information content (AvgIpc) is 2.77. The first kappa shape index (κ1) is 20.9. The second kappa shape index (κ2) is 9.59. The summed E-state index contributed by atoms with van der Waals surface area (Å²) in [6.07, 6.45) is 1.73. The van der Waals surface area contributed by atoms with E-state index in [1.165, 1.54) is 19.2 Å². The van der Waals surface area contributed by atoms with E-state index in [1.807, 2.05) is 12.1 Å². The lowest BCUT2D eigenvalue weighted by atomic mass is 10.0. The molecule has 3 aromatic rings. The number of ether oxygens (including phenoxy) is 2. The Kier molecular flexibility index (Phi) is 6.68. The van der Waals surface area contributed by atoms with E-state index < -0.39 is 4.92 Å². The molecule has 7 heteroatoms. The van der Waals surface area contributed by atoms with Gasteiger partial charge in [0.15, 0.2) is 11.5 Å². The highest BCUT2D eigenvalue weighted by Gasteiger charge is 2.10. The van der Waals surface area contributed by atoms with Crippen molar-refractivity contribution in [2.24, 2.45) is 0 Å². The molecule has 0 aliphatic heterocycles. The molecule has 0 aliphatic rings. The molecule has 0 radical (unpaired) electrons. The number of nitro benzene ring substituents is 1. The van der Waals surface area contributed by atoms with E-state index in [0.717, 1.165) is 11.1 Å². The Bertz CT molecular complexity index is 1130. The van der Waals surface area contributed by atoms with E-state index in [-0.39, 0.29) is 12.3 Å². The maximum absolute atomic E-state index is 10.7. The lowest BCUT2D eigenvalue weighted by Crippen LogP contribution is -1.98. The van der Waals surface area contributed by atoms with Crippen LogP contribution in [0.4, 0.5) is 5.69 Å². The van der Waals surface area contributed by atoms with Crippen molar-refractivity contribution in [3.8, 4) is 17.6 Å². The number of nitrogens with zero attached hydrogens (tertiary/aromatic N) is 2. The zero-order valence-electron chi connectivity index (χ0n) is 16.0. The smallest absolute Gasteiger partial charge is 0.269 e. The molecule has 6 nitrogen and oxygen atoms in total. The second-order valence-electron chi connectivity index (χ2n) is 6.27. The van der Waals surface area contributed by atoms with Crippen LogP contribution in [-0.2, 0) is 6.61 Å². The number of nitro groups is 1. The summed E-state index contributed by atoms with van der Waals surface area (Å²) < 4.78 is 11.2. The Balaban J connectivity index is 1.80. The first-order valence-electron chi connectivity index (χ1n) is 8.92. The highest BCUT2D eigenvalue weighted by molar-refractivity contribution is 6.32. The SMILES string of the molecule is COc1cc(C=C(C#N)c2ccccc2Cl)ccc1OCc1ccc([N+](=O)[O-])cc1. The molecule has 0 unspecified atom stereocenters. The molecule has 0 N–H and O–H groups in total. The van der Waals surface area contributed by atoms with Crippen molar-refractivity contribution in [2.45, 2.75) is 6.61 Å². The standard InChI is InChI=1S/C23H17ClN2O4/c1-29-23-13-17(12-18(14-25)20-4-2-3-5-21(20)24)8-11-22(23)30-15-16-6-9-19(10-7-16)26(27)28/h2-13H,15H2,1H3. The minimum absolute atomic E-state index is 0.0271. The van der Waals surface area contributed by atoms with Crippen LogP contribution in [0.1, 0.15) is 16.7 Å². The molecule has 3 rings (SSSR count). The van der Waals surface area contributed by atoms with E-state index >= 15 is 0 Å². The highest BCUT2D eigenvalue weighted by atomic mass is 35.5. The van der Waals surface area contributed by atoms with Gasteiger partial charge < -0.3 is 9.47 Å². The topological polar surface area (TPSA) is 85.4 Å². The van der Waals surface area contributed by atoms with Crippen molar-refractivity contribution in [3.63, 3.8) is 0 Å². The van der Waals surface area contributed by atoms with E-state index in [0.29, 0.717) is 27.7 Å². The van der Waals surface area contributed by atoms with E-state index in [1.54, 1.807) is 48.5 Å². The van der Waals surface area contributed by atoms with Gasteiger partial charge in [-0.1, -0.05) is 35.9 Å². The third kappa shape index (κ3) is 4.96. The number of non-ortho nitro benzene ring substituents is 1. The summed E-state index contributed by atoms with van der Waals surface area (Å²) in [5.74, 6) is 1.02. The van der Waals surface area contributed by atoms with Crippen molar-refractivity contribution >= 4 is 28.9 Å². The van der Waals surface area contributed by atoms with Crippen LogP contribution in [0, 0.1) is 21.4 Å². The van der Waals surface area contributed by atoms with E-state index in [9.17, 15) is 15.4 Å². The van der Waals surface area contributed by atoms with Crippen molar-refractivity contribution in [1.29, 1.82) is 5.26 Å². The fourth-order valence-corrected chi connectivity index (χ4v) is 3.02. The zero-order valence-corrected chi connectivity index (χ0v) is 16.8. The Morgan fingerprint density at radius 2 is 1.87 bits per heavy atom. The second-order valence-corrected chi connectivity index (χ2v) is 6.68. The van der Waals surface area contributed by atoms with Gasteiger partial charge in [0.25, 0.3) is 5.69 Å². The lowest BCUT2D eigenvalue weighted by Gasteiger charge is -2.12.